The molecule has 1 saturated carbocycles. The van der Waals surface area contributed by atoms with E-state index in [1.54, 1.807) is 6.92 Å². The second-order valence-corrected chi connectivity index (χ2v) is 6.30. The molecular formula is C14H23N3O3. The molecule has 1 aliphatic carbocycles. The van der Waals surface area contributed by atoms with Crippen LogP contribution in [0.4, 0.5) is 0 Å². The summed E-state index contributed by atoms with van der Waals surface area (Å²) in [4.78, 5) is 15.5. The van der Waals surface area contributed by atoms with Gasteiger partial charge in [0, 0.05) is 6.04 Å². The van der Waals surface area contributed by atoms with E-state index in [4.69, 9.17) is 4.52 Å². The first kappa shape index (κ1) is 15.0. The van der Waals surface area contributed by atoms with E-state index in [1.807, 2.05) is 13.8 Å². The number of rotatable bonds is 4. The van der Waals surface area contributed by atoms with Crippen LogP contribution in [-0.2, 0) is 11.3 Å². The van der Waals surface area contributed by atoms with E-state index < -0.39 is 5.97 Å². The summed E-state index contributed by atoms with van der Waals surface area (Å²) in [6.45, 7) is 8.52. The van der Waals surface area contributed by atoms with Crippen LogP contribution in [0.3, 0.4) is 0 Å². The van der Waals surface area contributed by atoms with Crippen molar-refractivity contribution in [1.29, 1.82) is 0 Å². The fourth-order valence-corrected chi connectivity index (χ4v) is 3.15. The Kier molecular flexibility index (Phi) is 4.13. The molecule has 0 aromatic carbocycles. The van der Waals surface area contributed by atoms with Crippen LogP contribution < -0.4 is 5.32 Å². The first-order chi connectivity index (χ1) is 9.32. The number of hydrogen-bond donors (Lipinski definition) is 2. The number of aliphatic carboxylic acids is 1. The largest absolute Gasteiger partial charge is 0.481 e. The Morgan fingerprint density at radius 2 is 2.20 bits per heavy atom. The van der Waals surface area contributed by atoms with Crippen molar-refractivity contribution >= 4 is 5.97 Å². The minimum Gasteiger partial charge on any atom is -0.481 e. The molecule has 1 aliphatic rings. The molecule has 0 bridgehead atoms. The van der Waals surface area contributed by atoms with Crippen molar-refractivity contribution in [2.45, 2.75) is 53.1 Å². The Bertz CT molecular complexity index is 484. The van der Waals surface area contributed by atoms with Gasteiger partial charge < -0.3 is 14.9 Å². The molecule has 0 radical (unpaired) electrons. The molecule has 0 amide bonds. The number of aryl methyl sites for hydroxylation is 1. The predicted octanol–water partition coefficient (Wildman–Crippen LogP) is 1.99. The molecule has 6 nitrogen and oxygen atoms in total. The van der Waals surface area contributed by atoms with Gasteiger partial charge in [0.05, 0.1) is 12.5 Å². The molecule has 6 heteroatoms. The van der Waals surface area contributed by atoms with Crippen LogP contribution in [0, 0.1) is 24.2 Å². The molecule has 2 rings (SSSR count). The molecule has 1 fully saturated rings. The number of carbonyl (C=O) groups is 1. The Labute approximate surface area is 118 Å². The highest BCUT2D eigenvalue weighted by Crippen LogP contribution is 2.45. The maximum absolute atomic E-state index is 11.4. The summed E-state index contributed by atoms with van der Waals surface area (Å²) in [5, 5.41) is 16.5. The van der Waals surface area contributed by atoms with E-state index in [-0.39, 0.29) is 23.3 Å². The Balaban J connectivity index is 1.99. The van der Waals surface area contributed by atoms with E-state index in [9.17, 15) is 9.90 Å². The summed E-state index contributed by atoms with van der Waals surface area (Å²) in [6.07, 6.45) is 1.56. The summed E-state index contributed by atoms with van der Waals surface area (Å²) >= 11 is 0. The summed E-state index contributed by atoms with van der Waals surface area (Å²) in [5.74, 6) is 0.507. The maximum atomic E-state index is 11.4. The lowest BCUT2D eigenvalue weighted by atomic mass is 9.61. The minimum atomic E-state index is -0.687. The fourth-order valence-electron chi connectivity index (χ4n) is 3.15. The van der Waals surface area contributed by atoms with Gasteiger partial charge in [-0.3, -0.25) is 4.79 Å². The lowest BCUT2D eigenvalue weighted by Crippen LogP contribution is -2.50. The number of aromatic nitrogens is 2. The van der Waals surface area contributed by atoms with Crippen molar-refractivity contribution in [3.8, 4) is 0 Å². The molecule has 1 heterocycles. The highest BCUT2D eigenvalue weighted by molar-refractivity contribution is 5.71. The third kappa shape index (κ3) is 2.85. The molecule has 2 N–H and O–H groups in total. The number of nitrogens with one attached hydrogen (secondary N) is 1. The van der Waals surface area contributed by atoms with E-state index in [0.29, 0.717) is 24.7 Å². The first-order valence-electron chi connectivity index (χ1n) is 7.07. The molecule has 112 valence electrons. The highest BCUT2D eigenvalue weighted by atomic mass is 16.5. The second-order valence-electron chi connectivity index (χ2n) is 6.30. The molecule has 0 spiro atoms. The molecule has 0 saturated heterocycles. The number of carboxylic acid groups (broad SMARTS) is 1. The zero-order valence-electron chi connectivity index (χ0n) is 12.5. The van der Waals surface area contributed by atoms with Gasteiger partial charge in [-0.15, -0.1) is 0 Å². The number of nitrogens with zero attached hydrogens (tertiary/aromatic N) is 2. The van der Waals surface area contributed by atoms with E-state index in [2.05, 4.69) is 22.4 Å². The summed E-state index contributed by atoms with van der Waals surface area (Å²) in [6, 6.07) is 0.271. The minimum absolute atomic E-state index is 0.230. The average molecular weight is 281 g/mol. The third-order valence-electron chi connectivity index (χ3n) is 4.82. The van der Waals surface area contributed by atoms with Gasteiger partial charge in [-0.1, -0.05) is 25.9 Å². The van der Waals surface area contributed by atoms with Gasteiger partial charge in [0.2, 0.25) is 5.89 Å². The summed E-state index contributed by atoms with van der Waals surface area (Å²) in [7, 11) is 0. The van der Waals surface area contributed by atoms with Gasteiger partial charge in [-0.2, -0.15) is 4.98 Å². The zero-order chi connectivity index (χ0) is 14.9. The van der Waals surface area contributed by atoms with Crippen LogP contribution in [-0.4, -0.2) is 27.3 Å². The number of hydrogen-bond acceptors (Lipinski definition) is 5. The van der Waals surface area contributed by atoms with Crippen LogP contribution in [0.5, 0.6) is 0 Å². The lowest BCUT2D eigenvalue weighted by Gasteiger charge is -2.46. The lowest BCUT2D eigenvalue weighted by molar-refractivity contribution is -0.150. The van der Waals surface area contributed by atoms with Crippen molar-refractivity contribution in [3.63, 3.8) is 0 Å². The normalized spacial score (nSPS) is 29.3. The smallest absolute Gasteiger partial charge is 0.307 e. The van der Waals surface area contributed by atoms with Gasteiger partial charge in [0.15, 0.2) is 5.82 Å². The van der Waals surface area contributed by atoms with Crippen molar-refractivity contribution < 1.29 is 14.4 Å². The molecule has 1 aromatic heterocycles. The second kappa shape index (κ2) is 5.52. The van der Waals surface area contributed by atoms with E-state index in [1.165, 1.54) is 0 Å². The molecule has 1 aromatic rings. The van der Waals surface area contributed by atoms with Crippen LogP contribution in [0.25, 0.3) is 0 Å². The Morgan fingerprint density at radius 1 is 1.50 bits per heavy atom. The Morgan fingerprint density at radius 3 is 2.75 bits per heavy atom. The predicted molar refractivity (Wildman–Crippen MR) is 73.0 cm³/mol. The van der Waals surface area contributed by atoms with Gasteiger partial charge in [0.25, 0.3) is 0 Å². The topological polar surface area (TPSA) is 88.2 Å². The van der Waals surface area contributed by atoms with Crippen molar-refractivity contribution in [2.75, 3.05) is 0 Å². The molecule has 0 aliphatic heterocycles. The third-order valence-corrected chi connectivity index (χ3v) is 4.82. The van der Waals surface area contributed by atoms with Crippen LogP contribution in [0.2, 0.25) is 0 Å². The standard InChI is InChI=1S/C14H23N3O3/c1-8-11(15-7-12-16-9(2)17-20-12)6-5-10(13(18)19)14(8,3)4/h8,10-11,15H,5-7H2,1-4H3,(H,18,19). The monoisotopic (exact) mass is 281 g/mol. The van der Waals surface area contributed by atoms with E-state index in [0.717, 1.165) is 6.42 Å². The van der Waals surface area contributed by atoms with Crippen molar-refractivity contribution in [3.05, 3.63) is 11.7 Å². The van der Waals surface area contributed by atoms with Gasteiger partial charge in [-0.25, -0.2) is 0 Å². The van der Waals surface area contributed by atoms with Crippen LogP contribution in [0.1, 0.15) is 45.3 Å². The number of carboxylic acids is 1. The van der Waals surface area contributed by atoms with Crippen molar-refractivity contribution in [2.24, 2.45) is 17.3 Å². The highest BCUT2D eigenvalue weighted by Gasteiger charge is 2.46. The molecule has 3 unspecified atom stereocenters. The average Bonchev–Trinajstić information content (AvgIpc) is 2.76. The Hall–Kier alpha value is -1.43. The van der Waals surface area contributed by atoms with Gasteiger partial charge in [0.1, 0.15) is 0 Å². The molecule has 20 heavy (non-hydrogen) atoms. The van der Waals surface area contributed by atoms with Crippen LogP contribution in [0.15, 0.2) is 4.52 Å². The van der Waals surface area contributed by atoms with Gasteiger partial charge >= 0.3 is 5.97 Å². The fraction of sp³-hybridized carbons (Fsp3) is 0.786. The first-order valence-corrected chi connectivity index (χ1v) is 7.07. The summed E-state index contributed by atoms with van der Waals surface area (Å²) in [5.41, 5.74) is -0.230. The van der Waals surface area contributed by atoms with Crippen LogP contribution >= 0.6 is 0 Å². The van der Waals surface area contributed by atoms with E-state index >= 15 is 0 Å². The SMILES string of the molecule is Cc1noc(CNC2CCC(C(=O)O)C(C)(C)C2C)n1. The zero-order valence-corrected chi connectivity index (χ0v) is 12.5. The maximum Gasteiger partial charge on any atom is 0.307 e. The molecule has 3 atom stereocenters. The summed E-state index contributed by atoms with van der Waals surface area (Å²) < 4.78 is 5.08. The molecular weight excluding hydrogens is 258 g/mol. The van der Waals surface area contributed by atoms with Gasteiger partial charge in [-0.05, 0) is 31.1 Å². The van der Waals surface area contributed by atoms with Crippen molar-refractivity contribution in [1.82, 2.24) is 15.5 Å². The quantitative estimate of drug-likeness (QED) is 0.877.